The van der Waals surface area contributed by atoms with Crippen LogP contribution in [-0.4, -0.2) is 40.9 Å². The summed E-state index contributed by atoms with van der Waals surface area (Å²) in [5, 5.41) is 19.6. The van der Waals surface area contributed by atoms with E-state index in [0.29, 0.717) is 6.04 Å². The van der Waals surface area contributed by atoms with Crippen molar-refractivity contribution in [3.63, 3.8) is 0 Å². The minimum Gasteiger partial charge on any atom is -0.396 e. The SMILES string of the molecule is CC(C)N(CCCO)Cc1cc(C#CCO)cs1. The maximum Gasteiger partial charge on any atom is 0.104 e. The largest absolute Gasteiger partial charge is 0.396 e. The van der Waals surface area contributed by atoms with Crippen LogP contribution in [0.2, 0.25) is 0 Å². The molecule has 0 aliphatic carbocycles. The zero-order valence-corrected chi connectivity index (χ0v) is 11.8. The van der Waals surface area contributed by atoms with E-state index in [2.05, 4.69) is 36.7 Å². The van der Waals surface area contributed by atoms with E-state index < -0.39 is 0 Å². The molecule has 0 amide bonds. The first-order valence-electron chi connectivity index (χ1n) is 6.19. The monoisotopic (exact) mass is 267 g/mol. The van der Waals surface area contributed by atoms with E-state index in [0.717, 1.165) is 25.1 Å². The van der Waals surface area contributed by atoms with Crippen LogP contribution in [0, 0.1) is 11.8 Å². The Morgan fingerprint density at radius 1 is 1.39 bits per heavy atom. The summed E-state index contributed by atoms with van der Waals surface area (Å²) in [4.78, 5) is 3.61. The second kappa shape index (κ2) is 8.28. The van der Waals surface area contributed by atoms with Crippen molar-refractivity contribution in [3.8, 4) is 11.8 Å². The summed E-state index contributed by atoms with van der Waals surface area (Å²) in [6, 6.07) is 2.53. The molecule has 1 heterocycles. The summed E-state index contributed by atoms with van der Waals surface area (Å²) in [5.41, 5.74) is 0.968. The summed E-state index contributed by atoms with van der Waals surface area (Å²) in [5.74, 6) is 5.57. The topological polar surface area (TPSA) is 43.7 Å². The van der Waals surface area contributed by atoms with Crippen LogP contribution < -0.4 is 0 Å². The van der Waals surface area contributed by atoms with Crippen molar-refractivity contribution >= 4 is 11.3 Å². The third kappa shape index (κ3) is 5.19. The standard InChI is InChI=1S/C14H21NO2S/c1-12(2)15(6-4-8-17)10-14-9-13(11-18-14)5-3-7-16/h9,11-12,16-17H,4,6-8,10H2,1-2H3. The van der Waals surface area contributed by atoms with Gasteiger partial charge in [0.2, 0.25) is 0 Å². The predicted molar refractivity (Wildman–Crippen MR) is 75.5 cm³/mol. The molecule has 0 spiro atoms. The zero-order chi connectivity index (χ0) is 13.4. The van der Waals surface area contributed by atoms with Gasteiger partial charge >= 0.3 is 0 Å². The van der Waals surface area contributed by atoms with Gasteiger partial charge in [-0.1, -0.05) is 11.8 Å². The lowest BCUT2D eigenvalue weighted by atomic mass is 10.2. The Morgan fingerprint density at radius 2 is 2.17 bits per heavy atom. The first-order valence-corrected chi connectivity index (χ1v) is 7.07. The highest BCUT2D eigenvalue weighted by Crippen LogP contribution is 2.17. The third-order valence-electron chi connectivity index (χ3n) is 2.66. The molecule has 1 rings (SSSR count). The molecule has 0 fully saturated rings. The lowest BCUT2D eigenvalue weighted by Crippen LogP contribution is -2.31. The first-order chi connectivity index (χ1) is 8.67. The normalized spacial score (nSPS) is 10.8. The molecule has 0 saturated carbocycles. The molecular weight excluding hydrogens is 246 g/mol. The molecule has 4 heteroatoms. The Balaban J connectivity index is 2.60. The maximum atomic E-state index is 8.90. The van der Waals surface area contributed by atoms with Gasteiger partial charge in [0, 0.05) is 41.6 Å². The number of hydrogen-bond acceptors (Lipinski definition) is 4. The number of aliphatic hydroxyl groups excluding tert-OH is 2. The molecule has 1 aromatic heterocycles. The number of aliphatic hydroxyl groups is 2. The van der Waals surface area contributed by atoms with Gasteiger partial charge in [-0.3, -0.25) is 4.90 Å². The van der Waals surface area contributed by atoms with Gasteiger partial charge < -0.3 is 10.2 Å². The van der Waals surface area contributed by atoms with Crippen LogP contribution in [0.5, 0.6) is 0 Å². The fourth-order valence-electron chi connectivity index (χ4n) is 1.66. The Morgan fingerprint density at radius 3 is 2.78 bits per heavy atom. The van der Waals surface area contributed by atoms with Gasteiger partial charge in [0.1, 0.15) is 6.61 Å². The van der Waals surface area contributed by atoms with Crippen molar-refractivity contribution in [2.75, 3.05) is 19.8 Å². The quantitative estimate of drug-likeness (QED) is 0.771. The molecule has 2 N–H and O–H groups in total. The highest BCUT2D eigenvalue weighted by atomic mass is 32.1. The molecule has 0 atom stereocenters. The maximum absolute atomic E-state index is 8.90. The Labute approximate surface area is 113 Å². The average Bonchev–Trinajstić information content (AvgIpc) is 2.79. The van der Waals surface area contributed by atoms with Crippen LogP contribution >= 0.6 is 11.3 Å². The van der Waals surface area contributed by atoms with Gasteiger partial charge in [-0.15, -0.1) is 11.3 Å². The fourth-order valence-corrected chi connectivity index (χ4v) is 2.51. The minimum atomic E-state index is -0.0974. The van der Waals surface area contributed by atoms with E-state index >= 15 is 0 Å². The van der Waals surface area contributed by atoms with Crippen molar-refractivity contribution in [1.82, 2.24) is 4.90 Å². The molecule has 0 radical (unpaired) electrons. The van der Waals surface area contributed by atoms with E-state index in [1.807, 2.05) is 5.38 Å². The van der Waals surface area contributed by atoms with Crippen LogP contribution in [0.25, 0.3) is 0 Å². The van der Waals surface area contributed by atoms with Crippen LogP contribution in [0.15, 0.2) is 11.4 Å². The molecule has 1 aromatic rings. The molecule has 0 aliphatic rings. The van der Waals surface area contributed by atoms with Gasteiger partial charge in [-0.05, 0) is 26.3 Å². The third-order valence-corrected chi connectivity index (χ3v) is 3.58. The molecule has 0 aliphatic heterocycles. The van der Waals surface area contributed by atoms with Crippen molar-refractivity contribution in [3.05, 3.63) is 21.9 Å². The average molecular weight is 267 g/mol. The number of hydrogen-bond donors (Lipinski definition) is 2. The van der Waals surface area contributed by atoms with E-state index in [9.17, 15) is 0 Å². The summed E-state index contributed by atoms with van der Waals surface area (Å²) in [6.45, 7) is 6.27. The van der Waals surface area contributed by atoms with Crippen LogP contribution in [0.4, 0.5) is 0 Å². The first kappa shape index (κ1) is 15.2. The molecule has 3 nitrogen and oxygen atoms in total. The van der Waals surface area contributed by atoms with Gasteiger partial charge in [-0.25, -0.2) is 0 Å². The summed E-state index contributed by atoms with van der Waals surface area (Å²) in [7, 11) is 0. The second-order valence-corrected chi connectivity index (χ2v) is 5.40. The van der Waals surface area contributed by atoms with E-state index in [-0.39, 0.29) is 13.2 Å². The van der Waals surface area contributed by atoms with Crippen molar-refractivity contribution in [2.45, 2.75) is 32.9 Å². The Kier molecular flexibility index (Phi) is 6.99. The summed E-state index contributed by atoms with van der Waals surface area (Å²) in [6.07, 6.45) is 0.806. The van der Waals surface area contributed by atoms with Gasteiger partial charge in [0.05, 0.1) is 0 Å². The number of thiophene rings is 1. The van der Waals surface area contributed by atoms with Crippen LogP contribution in [0.1, 0.15) is 30.7 Å². The molecule has 100 valence electrons. The Hall–Kier alpha value is -0.860. The Bertz CT molecular complexity index is 403. The molecular formula is C14H21NO2S. The molecule has 0 unspecified atom stereocenters. The van der Waals surface area contributed by atoms with Crippen LogP contribution in [0.3, 0.4) is 0 Å². The smallest absolute Gasteiger partial charge is 0.104 e. The van der Waals surface area contributed by atoms with Gasteiger partial charge in [-0.2, -0.15) is 0 Å². The van der Waals surface area contributed by atoms with Crippen LogP contribution in [-0.2, 0) is 6.54 Å². The van der Waals surface area contributed by atoms with E-state index in [4.69, 9.17) is 10.2 Å². The van der Waals surface area contributed by atoms with Crippen molar-refractivity contribution < 1.29 is 10.2 Å². The van der Waals surface area contributed by atoms with Crippen molar-refractivity contribution in [1.29, 1.82) is 0 Å². The molecule has 18 heavy (non-hydrogen) atoms. The second-order valence-electron chi connectivity index (χ2n) is 4.40. The minimum absolute atomic E-state index is 0.0974. The summed E-state index contributed by atoms with van der Waals surface area (Å²) < 4.78 is 0. The predicted octanol–water partition coefficient (Wildman–Crippen LogP) is 1.68. The van der Waals surface area contributed by atoms with Gasteiger partial charge in [0.15, 0.2) is 0 Å². The fraction of sp³-hybridized carbons (Fsp3) is 0.571. The molecule has 0 saturated heterocycles. The highest BCUT2D eigenvalue weighted by molar-refractivity contribution is 7.10. The molecule has 0 aromatic carbocycles. The molecule has 0 bridgehead atoms. The lowest BCUT2D eigenvalue weighted by Gasteiger charge is -2.25. The van der Waals surface area contributed by atoms with E-state index in [1.54, 1.807) is 11.3 Å². The number of nitrogens with zero attached hydrogens (tertiary/aromatic N) is 1. The van der Waals surface area contributed by atoms with Gasteiger partial charge in [0.25, 0.3) is 0 Å². The lowest BCUT2D eigenvalue weighted by molar-refractivity contribution is 0.186. The van der Waals surface area contributed by atoms with E-state index in [1.165, 1.54) is 4.88 Å². The zero-order valence-electron chi connectivity index (χ0n) is 11.0. The highest BCUT2D eigenvalue weighted by Gasteiger charge is 2.10. The summed E-state index contributed by atoms with van der Waals surface area (Å²) >= 11 is 1.69. The number of rotatable bonds is 6. The van der Waals surface area contributed by atoms with Crippen molar-refractivity contribution in [2.24, 2.45) is 0 Å².